The molecule has 0 N–H and O–H groups in total. The fraction of sp³-hybridized carbons (Fsp3) is 0.625. The highest BCUT2D eigenvalue weighted by Crippen LogP contribution is 2.06. The molecule has 0 heterocycles. The summed E-state index contributed by atoms with van der Waals surface area (Å²) in [4.78, 5) is 10.9. The molecule has 1 atom stereocenters. The lowest BCUT2D eigenvalue weighted by molar-refractivity contribution is -0.142. The Kier molecular flexibility index (Phi) is 5.94. The van der Waals surface area contributed by atoms with Crippen LogP contribution in [0.5, 0.6) is 0 Å². The van der Waals surface area contributed by atoms with Gasteiger partial charge in [0.05, 0.1) is 0 Å². The molecule has 0 aliphatic rings. The van der Waals surface area contributed by atoms with Crippen LogP contribution in [0.4, 0.5) is 0 Å². The van der Waals surface area contributed by atoms with Crippen LogP contribution in [0.15, 0.2) is 12.7 Å². The van der Waals surface area contributed by atoms with Gasteiger partial charge < -0.3 is 4.74 Å². The van der Waals surface area contributed by atoms with Crippen LogP contribution in [0.25, 0.3) is 0 Å². The fourth-order valence-electron chi connectivity index (χ4n) is 0.603. The topological polar surface area (TPSA) is 26.3 Å². The zero-order valence-electron chi connectivity index (χ0n) is 6.68. The van der Waals surface area contributed by atoms with E-state index in [4.69, 9.17) is 16.3 Å². The highest BCUT2D eigenvalue weighted by molar-refractivity contribution is 6.29. The first-order valence-electron chi connectivity index (χ1n) is 3.64. The maximum atomic E-state index is 10.9. The van der Waals surface area contributed by atoms with Crippen molar-refractivity contribution in [1.29, 1.82) is 0 Å². The molecule has 0 amide bonds. The Morgan fingerprint density at radius 1 is 1.82 bits per heavy atom. The zero-order valence-corrected chi connectivity index (χ0v) is 7.43. The van der Waals surface area contributed by atoms with Crippen LogP contribution in [0, 0.1) is 0 Å². The number of carbonyl (C=O) groups excluding carboxylic acids is 1. The molecule has 1 unspecified atom stereocenters. The summed E-state index contributed by atoms with van der Waals surface area (Å²) in [5, 5.41) is -0.500. The third-order valence-electron chi connectivity index (χ3n) is 1.14. The van der Waals surface area contributed by atoms with E-state index in [0.717, 1.165) is 6.42 Å². The van der Waals surface area contributed by atoms with Gasteiger partial charge in [0, 0.05) is 0 Å². The number of alkyl halides is 1. The molecular weight excluding hydrogens is 164 g/mol. The molecule has 0 aromatic rings. The Labute approximate surface area is 72.2 Å². The minimum Gasteiger partial charge on any atom is -0.460 e. The van der Waals surface area contributed by atoms with Crippen molar-refractivity contribution < 1.29 is 9.53 Å². The van der Waals surface area contributed by atoms with Gasteiger partial charge in [-0.2, -0.15) is 0 Å². The van der Waals surface area contributed by atoms with E-state index >= 15 is 0 Å². The molecule has 64 valence electrons. The smallest absolute Gasteiger partial charge is 0.324 e. The van der Waals surface area contributed by atoms with Crippen molar-refractivity contribution >= 4 is 17.6 Å². The SMILES string of the molecule is C=CCOC(=O)C(Cl)CCC. The van der Waals surface area contributed by atoms with Crippen LogP contribution >= 0.6 is 11.6 Å². The average Bonchev–Trinajstić information content (AvgIpc) is 2.00. The van der Waals surface area contributed by atoms with Crippen LogP contribution in [0.2, 0.25) is 0 Å². The first-order chi connectivity index (χ1) is 5.22. The molecule has 0 aliphatic carbocycles. The first kappa shape index (κ1) is 10.5. The van der Waals surface area contributed by atoms with E-state index in [-0.39, 0.29) is 12.6 Å². The molecule has 0 saturated heterocycles. The van der Waals surface area contributed by atoms with E-state index in [1.807, 2.05) is 6.92 Å². The molecule has 11 heavy (non-hydrogen) atoms. The van der Waals surface area contributed by atoms with E-state index in [2.05, 4.69) is 6.58 Å². The zero-order chi connectivity index (χ0) is 8.69. The number of ether oxygens (including phenoxy) is 1. The molecule has 0 radical (unpaired) electrons. The highest BCUT2D eigenvalue weighted by Gasteiger charge is 2.14. The lowest BCUT2D eigenvalue weighted by Gasteiger charge is -2.05. The van der Waals surface area contributed by atoms with E-state index in [0.29, 0.717) is 6.42 Å². The largest absolute Gasteiger partial charge is 0.460 e. The summed E-state index contributed by atoms with van der Waals surface area (Å²) in [6.07, 6.45) is 3.07. The lowest BCUT2D eigenvalue weighted by atomic mass is 10.2. The average molecular weight is 177 g/mol. The van der Waals surface area contributed by atoms with Gasteiger partial charge in [-0.25, -0.2) is 0 Å². The minimum absolute atomic E-state index is 0.242. The molecule has 0 aromatic heterocycles. The van der Waals surface area contributed by atoms with Crippen molar-refractivity contribution in [2.45, 2.75) is 25.1 Å². The van der Waals surface area contributed by atoms with Crippen LogP contribution in [-0.2, 0) is 9.53 Å². The Morgan fingerprint density at radius 3 is 2.91 bits per heavy atom. The van der Waals surface area contributed by atoms with E-state index in [1.165, 1.54) is 6.08 Å². The summed E-state index contributed by atoms with van der Waals surface area (Å²) in [5.74, 6) is -0.353. The molecule has 0 bridgehead atoms. The summed E-state index contributed by atoms with van der Waals surface area (Å²) in [7, 11) is 0. The van der Waals surface area contributed by atoms with Crippen LogP contribution in [0.3, 0.4) is 0 Å². The quantitative estimate of drug-likeness (QED) is 0.365. The lowest BCUT2D eigenvalue weighted by Crippen LogP contribution is -2.17. The van der Waals surface area contributed by atoms with Crippen LogP contribution in [0.1, 0.15) is 19.8 Å². The van der Waals surface area contributed by atoms with Gasteiger partial charge in [0.15, 0.2) is 0 Å². The van der Waals surface area contributed by atoms with Gasteiger partial charge >= 0.3 is 5.97 Å². The first-order valence-corrected chi connectivity index (χ1v) is 4.07. The number of hydrogen-bond acceptors (Lipinski definition) is 2. The molecule has 0 rings (SSSR count). The molecule has 3 heteroatoms. The van der Waals surface area contributed by atoms with Gasteiger partial charge in [-0.05, 0) is 6.42 Å². The molecule has 0 spiro atoms. The van der Waals surface area contributed by atoms with Crippen LogP contribution in [-0.4, -0.2) is 18.0 Å². The Hall–Kier alpha value is -0.500. The summed E-state index contributed by atoms with van der Waals surface area (Å²) in [6, 6.07) is 0. The molecule has 0 fully saturated rings. The van der Waals surface area contributed by atoms with Crippen molar-refractivity contribution in [1.82, 2.24) is 0 Å². The molecule has 0 aliphatic heterocycles. The van der Waals surface area contributed by atoms with Gasteiger partial charge in [0.25, 0.3) is 0 Å². The Morgan fingerprint density at radius 2 is 2.45 bits per heavy atom. The second-order valence-corrected chi connectivity index (χ2v) is 2.70. The van der Waals surface area contributed by atoms with Gasteiger partial charge in [0.2, 0.25) is 0 Å². The number of halogens is 1. The van der Waals surface area contributed by atoms with E-state index < -0.39 is 5.38 Å². The summed E-state index contributed by atoms with van der Waals surface area (Å²) < 4.78 is 4.72. The summed E-state index contributed by atoms with van der Waals surface area (Å²) in [6.45, 7) is 5.63. The third kappa shape index (κ3) is 4.85. The predicted octanol–water partition coefficient (Wildman–Crippen LogP) is 2.12. The van der Waals surface area contributed by atoms with E-state index in [9.17, 15) is 4.79 Å². The monoisotopic (exact) mass is 176 g/mol. The summed E-state index contributed by atoms with van der Waals surface area (Å²) in [5.41, 5.74) is 0. The number of rotatable bonds is 5. The normalized spacial score (nSPS) is 12.2. The highest BCUT2D eigenvalue weighted by atomic mass is 35.5. The maximum Gasteiger partial charge on any atom is 0.324 e. The maximum absolute atomic E-state index is 10.9. The van der Waals surface area contributed by atoms with Crippen LogP contribution < -0.4 is 0 Å². The second kappa shape index (κ2) is 6.23. The fourth-order valence-corrected chi connectivity index (χ4v) is 0.884. The molecule has 2 nitrogen and oxygen atoms in total. The van der Waals surface area contributed by atoms with Gasteiger partial charge in [-0.15, -0.1) is 11.6 Å². The second-order valence-electron chi connectivity index (χ2n) is 2.17. The van der Waals surface area contributed by atoms with Crippen molar-refractivity contribution in [2.75, 3.05) is 6.61 Å². The van der Waals surface area contributed by atoms with E-state index in [1.54, 1.807) is 0 Å². The van der Waals surface area contributed by atoms with Crippen molar-refractivity contribution in [3.63, 3.8) is 0 Å². The molecular formula is C8H13ClO2. The van der Waals surface area contributed by atoms with Gasteiger partial charge in [0.1, 0.15) is 12.0 Å². The van der Waals surface area contributed by atoms with Crippen molar-refractivity contribution in [3.8, 4) is 0 Å². The molecule has 0 saturated carbocycles. The van der Waals surface area contributed by atoms with Crippen molar-refractivity contribution in [2.24, 2.45) is 0 Å². The predicted molar refractivity (Wildman–Crippen MR) is 45.7 cm³/mol. The summed E-state index contributed by atoms with van der Waals surface area (Å²) >= 11 is 5.66. The third-order valence-corrected chi connectivity index (χ3v) is 1.54. The minimum atomic E-state index is -0.500. The number of esters is 1. The van der Waals surface area contributed by atoms with Gasteiger partial charge in [-0.3, -0.25) is 4.79 Å². The van der Waals surface area contributed by atoms with Crippen molar-refractivity contribution in [3.05, 3.63) is 12.7 Å². The Bertz CT molecular complexity index is 134. The molecule has 0 aromatic carbocycles. The number of carbonyl (C=O) groups is 1. The van der Waals surface area contributed by atoms with Gasteiger partial charge in [-0.1, -0.05) is 26.0 Å². The standard InChI is InChI=1S/C8H13ClO2/c1-3-5-7(9)8(10)11-6-4-2/h4,7H,2-3,5-6H2,1H3. The number of hydrogen-bond donors (Lipinski definition) is 0. The Balaban J connectivity index is 3.54.